The van der Waals surface area contributed by atoms with E-state index in [1.807, 2.05) is 43.3 Å². The van der Waals surface area contributed by atoms with Crippen LogP contribution in [-0.4, -0.2) is 61.1 Å². The van der Waals surface area contributed by atoms with Gasteiger partial charge in [-0.15, -0.1) is 0 Å². The number of rotatable bonds is 8. The van der Waals surface area contributed by atoms with Gasteiger partial charge in [0.25, 0.3) is 5.91 Å². The molecule has 8 nitrogen and oxygen atoms in total. The van der Waals surface area contributed by atoms with E-state index in [4.69, 9.17) is 10.8 Å². The van der Waals surface area contributed by atoms with Gasteiger partial charge in [0.1, 0.15) is 17.1 Å². The number of hydrogen-bond donors (Lipinski definition) is 3. The number of carbonyl (C=O) groups is 2. The Balaban J connectivity index is 1.89. The lowest BCUT2D eigenvalue weighted by molar-refractivity contribution is -0.119. The zero-order chi connectivity index (χ0) is 26.6. The van der Waals surface area contributed by atoms with Crippen LogP contribution in [0.5, 0.6) is 0 Å². The van der Waals surface area contributed by atoms with Crippen LogP contribution >= 0.6 is 0 Å². The van der Waals surface area contributed by atoms with Crippen LogP contribution in [0.25, 0.3) is 0 Å². The molecule has 2 aromatic carbocycles. The number of amidine groups is 1. The van der Waals surface area contributed by atoms with E-state index in [-0.39, 0.29) is 24.5 Å². The maximum atomic E-state index is 13.7. The molecule has 0 fully saturated rings. The predicted molar refractivity (Wildman–Crippen MR) is 131 cm³/mol. The number of benzene rings is 2. The molecule has 0 aliphatic carbocycles. The normalized spacial score (nSPS) is 15.2. The van der Waals surface area contributed by atoms with E-state index in [9.17, 15) is 22.8 Å². The first-order valence-electron chi connectivity index (χ1n) is 11.2. The van der Waals surface area contributed by atoms with E-state index in [0.29, 0.717) is 12.1 Å². The van der Waals surface area contributed by atoms with Gasteiger partial charge in [-0.05, 0) is 42.3 Å². The Hall–Kier alpha value is -4.02. The lowest BCUT2D eigenvalue weighted by Gasteiger charge is -2.25. The topological polar surface area (TPSA) is 111 Å². The quantitative estimate of drug-likeness (QED) is 0.477. The summed E-state index contributed by atoms with van der Waals surface area (Å²) in [5.41, 5.74) is 5.55. The van der Waals surface area contributed by atoms with Gasteiger partial charge in [0.05, 0.1) is 18.2 Å². The molecular formula is C25H28F3N5O3. The molecule has 0 aromatic heterocycles. The number of nitrogens with one attached hydrogen (secondary N) is 1. The van der Waals surface area contributed by atoms with Crippen molar-refractivity contribution in [1.82, 2.24) is 10.2 Å². The van der Waals surface area contributed by atoms with Gasteiger partial charge in [0.15, 0.2) is 0 Å². The van der Waals surface area contributed by atoms with Crippen molar-refractivity contribution in [2.75, 3.05) is 32.1 Å². The van der Waals surface area contributed by atoms with Gasteiger partial charge in [-0.25, -0.2) is 4.79 Å². The first-order chi connectivity index (χ1) is 16.9. The van der Waals surface area contributed by atoms with Crippen molar-refractivity contribution >= 4 is 23.4 Å². The van der Waals surface area contributed by atoms with Crippen LogP contribution in [0.2, 0.25) is 0 Å². The van der Waals surface area contributed by atoms with E-state index in [0.717, 1.165) is 11.3 Å². The average molecular weight is 504 g/mol. The number of hydrogen-bond acceptors (Lipinski definition) is 6. The molecule has 1 heterocycles. The standard InChI is InChI=1S/C25H28F3N5O3/c1-15(17-7-9-18(10-8-17)24(35)36)31-23(34)20(21(29)25(26,27)28)22-30-11-12-33(22)14-16-5-4-6-19(13-16)32(2)3/h4-10,13,15H,11-12,14,29H2,1-3H3,(H,31,34)(H,35,36). The number of aliphatic imine (C=N–C) groups is 1. The summed E-state index contributed by atoms with van der Waals surface area (Å²) in [5, 5.41) is 11.6. The first-order valence-corrected chi connectivity index (χ1v) is 11.2. The highest BCUT2D eigenvalue weighted by molar-refractivity contribution is 6.21. The number of alkyl halides is 3. The summed E-state index contributed by atoms with van der Waals surface area (Å²) in [6, 6.07) is 12.5. The van der Waals surface area contributed by atoms with Crippen LogP contribution in [0.4, 0.5) is 18.9 Å². The summed E-state index contributed by atoms with van der Waals surface area (Å²) >= 11 is 0. The van der Waals surface area contributed by atoms with Gasteiger partial charge in [-0.3, -0.25) is 9.79 Å². The molecule has 0 saturated carbocycles. The molecule has 1 unspecified atom stereocenters. The minimum atomic E-state index is -4.94. The van der Waals surface area contributed by atoms with Crippen molar-refractivity contribution in [3.05, 3.63) is 76.5 Å². The minimum absolute atomic E-state index is 0.0495. The summed E-state index contributed by atoms with van der Waals surface area (Å²) in [7, 11) is 3.76. The molecule has 1 aliphatic heterocycles. The Morgan fingerprint density at radius 1 is 1.19 bits per heavy atom. The van der Waals surface area contributed by atoms with Crippen LogP contribution in [-0.2, 0) is 11.3 Å². The van der Waals surface area contributed by atoms with Crippen LogP contribution < -0.4 is 16.0 Å². The van der Waals surface area contributed by atoms with Crippen molar-refractivity contribution in [3.63, 3.8) is 0 Å². The monoisotopic (exact) mass is 503 g/mol. The molecule has 0 bridgehead atoms. The second-order valence-corrected chi connectivity index (χ2v) is 8.60. The number of allylic oxidation sites excluding steroid dienone is 1. The summed E-state index contributed by atoms with van der Waals surface area (Å²) in [5.74, 6) is -2.25. The second kappa shape index (κ2) is 10.7. The Morgan fingerprint density at radius 3 is 2.44 bits per heavy atom. The lowest BCUT2D eigenvalue weighted by Crippen LogP contribution is -2.40. The summed E-state index contributed by atoms with van der Waals surface area (Å²) < 4.78 is 41.1. The Morgan fingerprint density at radius 2 is 1.86 bits per heavy atom. The highest BCUT2D eigenvalue weighted by Crippen LogP contribution is 2.28. The maximum Gasteiger partial charge on any atom is 0.431 e. The van der Waals surface area contributed by atoms with E-state index in [1.165, 1.54) is 24.3 Å². The molecule has 1 atom stereocenters. The van der Waals surface area contributed by atoms with Gasteiger partial charge in [0.2, 0.25) is 0 Å². The second-order valence-electron chi connectivity index (χ2n) is 8.60. The number of carboxylic acid groups (broad SMARTS) is 1. The molecule has 2 aromatic rings. The fourth-order valence-electron chi connectivity index (χ4n) is 3.78. The van der Waals surface area contributed by atoms with Gasteiger partial charge >= 0.3 is 12.1 Å². The molecule has 0 saturated heterocycles. The van der Waals surface area contributed by atoms with Crippen LogP contribution in [0.3, 0.4) is 0 Å². The fourth-order valence-corrected chi connectivity index (χ4v) is 3.78. The summed E-state index contributed by atoms with van der Waals surface area (Å²) in [4.78, 5) is 31.9. The van der Waals surface area contributed by atoms with Gasteiger partial charge in [0, 0.05) is 32.9 Å². The third-order valence-corrected chi connectivity index (χ3v) is 5.76. The highest BCUT2D eigenvalue weighted by atomic mass is 19.4. The molecule has 192 valence electrons. The number of amides is 1. The highest BCUT2D eigenvalue weighted by Gasteiger charge is 2.40. The minimum Gasteiger partial charge on any atom is -0.478 e. The molecule has 0 radical (unpaired) electrons. The van der Waals surface area contributed by atoms with E-state index >= 15 is 0 Å². The number of nitrogens with two attached hydrogens (primary N) is 1. The first kappa shape index (κ1) is 26.6. The Labute approximate surface area is 206 Å². The molecule has 1 amide bonds. The van der Waals surface area contributed by atoms with Crippen LogP contribution in [0.1, 0.15) is 34.5 Å². The van der Waals surface area contributed by atoms with Crippen molar-refractivity contribution in [2.24, 2.45) is 10.7 Å². The number of carbonyl (C=O) groups excluding carboxylic acids is 1. The predicted octanol–water partition coefficient (Wildman–Crippen LogP) is 3.32. The smallest absolute Gasteiger partial charge is 0.431 e. The van der Waals surface area contributed by atoms with Crippen molar-refractivity contribution in [1.29, 1.82) is 0 Å². The average Bonchev–Trinajstić information content (AvgIpc) is 3.26. The zero-order valence-corrected chi connectivity index (χ0v) is 20.1. The zero-order valence-electron chi connectivity index (χ0n) is 20.1. The number of halogens is 3. The summed E-state index contributed by atoms with van der Waals surface area (Å²) in [6.07, 6.45) is -4.94. The summed E-state index contributed by atoms with van der Waals surface area (Å²) in [6.45, 7) is 2.37. The maximum absolute atomic E-state index is 13.7. The van der Waals surface area contributed by atoms with E-state index in [2.05, 4.69) is 10.3 Å². The third-order valence-electron chi connectivity index (χ3n) is 5.76. The number of anilines is 1. The van der Waals surface area contributed by atoms with E-state index in [1.54, 1.807) is 11.8 Å². The molecule has 4 N–H and O–H groups in total. The lowest BCUT2D eigenvalue weighted by atomic mass is 10.0. The number of carboxylic acids is 1. The molecule has 1 aliphatic rings. The van der Waals surface area contributed by atoms with Crippen LogP contribution in [0, 0.1) is 0 Å². The molecule has 11 heteroatoms. The van der Waals surface area contributed by atoms with Gasteiger partial charge < -0.3 is 26.0 Å². The largest absolute Gasteiger partial charge is 0.478 e. The molecule has 36 heavy (non-hydrogen) atoms. The number of aromatic carboxylic acids is 1. The Bertz CT molecular complexity index is 1190. The SMILES string of the molecule is CC(NC(=O)C(C1=NCCN1Cc1cccc(N(C)C)c1)=C(N)C(F)(F)F)c1ccc(C(=O)O)cc1. The molecule has 3 rings (SSSR count). The third kappa shape index (κ3) is 6.15. The van der Waals surface area contributed by atoms with E-state index < -0.39 is 35.4 Å². The number of nitrogens with zero attached hydrogens (tertiary/aromatic N) is 3. The molecular weight excluding hydrogens is 475 g/mol. The molecule has 0 spiro atoms. The van der Waals surface area contributed by atoms with Crippen molar-refractivity contribution in [3.8, 4) is 0 Å². The van der Waals surface area contributed by atoms with Gasteiger partial charge in [-0.1, -0.05) is 24.3 Å². The van der Waals surface area contributed by atoms with Crippen molar-refractivity contribution < 1.29 is 27.9 Å². The fraction of sp³-hybridized carbons (Fsp3) is 0.320. The van der Waals surface area contributed by atoms with Crippen molar-refractivity contribution in [2.45, 2.75) is 25.7 Å². The Kier molecular flexibility index (Phi) is 7.91. The van der Waals surface area contributed by atoms with Gasteiger partial charge in [-0.2, -0.15) is 13.2 Å². The van der Waals surface area contributed by atoms with Crippen LogP contribution in [0.15, 0.2) is 64.8 Å².